The molecular formula is C8H15F2N. The number of alkyl halides is 1. The van der Waals surface area contributed by atoms with Gasteiger partial charge in [-0.3, -0.25) is 4.90 Å². The highest BCUT2D eigenvalue weighted by Gasteiger charge is 2.16. The summed E-state index contributed by atoms with van der Waals surface area (Å²) >= 11 is 0. The summed E-state index contributed by atoms with van der Waals surface area (Å²) in [4.78, 5) is 1.46. The van der Waals surface area contributed by atoms with Crippen LogP contribution in [0.2, 0.25) is 0 Å². The summed E-state index contributed by atoms with van der Waals surface area (Å²) in [6, 6.07) is 0.0874. The van der Waals surface area contributed by atoms with E-state index >= 15 is 0 Å². The van der Waals surface area contributed by atoms with Gasteiger partial charge in [0.15, 0.2) is 6.30 Å². The van der Waals surface area contributed by atoms with Gasteiger partial charge in [-0.25, -0.2) is 8.78 Å². The Bertz CT molecular complexity index is 134. The molecule has 0 aliphatic rings. The molecule has 66 valence electrons. The van der Waals surface area contributed by atoms with Gasteiger partial charge in [0.05, 0.1) is 5.83 Å². The van der Waals surface area contributed by atoms with Crippen LogP contribution >= 0.6 is 0 Å². The smallest absolute Gasteiger partial charge is 0.159 e. The van der Waals surface area contributed by atoms with Gasteiger partial charge in [0.2, 0.25) is 0 Å². The van der Waals surface area contributed by atoms with E-state index in [1.54, 1.807) is 7.05 Å². The molecule has 0 heterocycles. The molecule has 0 fully saturated rings. The molecule has 0 aromatic carbocycles. The van der Waals surface area contributed by atoms with Crippen molar-refractivity contribution in [2.24, 2.45) is 0 Å². The van der Waals surface area contributed by atoms with Gasteiger partial charge in [-0.1, -0.05) is 6.58 Å². The Labute approximate surface area is 66.7 Å². The average Bonchev–Trinajstić information content (AvgIpc) is 1.84. The van der Waals surface area contributed by atoms with Crippen LogP contribution in [0.1, 0.15) is 20.3 Å². The molecule has 0 spiro atoms. The van der Waals surface area contributed by atoms with Gasteiger partial charge in [0.25, 0.3) is 0 Å². The summed E-state index contributed by atoms with van der Waals surface area (Å²) in [6.45, 7) is 6.71. The molecule has 0 saturated heterocycles. The highest BCUT2D eigenvalue weighted by molar-refractivity contribution is 4.83. The van der Waals surface area contributed by atoms with Crippen LogP contribution in [0.15, 0.2) is 12.4 Å². The normalized spacial score (nSPS) is 14.1. The number of halogens is 2. The Morgan fingerprint density at radius 1 is 1.55 bits per heavy atom. The SMILES string of the molecule is C=C(F)CC(F)N(C)C(C)C. The van der Waals surface area contributed by atoms with Crippen molar-refractivity contribution in [3.63, 3.8) is 0 Å². The van der Waals surface area contributed by atoms with Crippen LogP contribution in [-0.4, -0.2) is 24.3 Å². The van der Waals surface area contributed by atoms with E-state index in [0.29, 0.717) is 0 Å². The molecule has 0 radical (unpaired) electrons. The minimum Gasteiger partial charge on any atom is -0.274 e. The minimum absolute atomic E-state index is 0.0874. The first-order valence-electron chi connectivity index (χ1n) is 3.64. The first kappa shape index (κ1) is 10.6. The fourth-order valence-corrected chi connectivity index (χ4v) is 0.650. The first-order chi connectivity index (χ1) is 4.95. The predicted octanol–water partition coefficient (Wildman–Crippen LogP) is 2.50. The zero-order chi connectivity index (χ0) is 9.02. The zero-order valence-electron chi connectivity index (χ0n) is 7.27. The second-order valence-corrected chi connectivity index (χ2v) is 2.92. The lowest BCUT2D eigenvalue weighted by Crippen LogP contribution is -2.34. The van der Waals surface area contributed by atoms with Gasteiger partial charge in [0.1, 0.15) is 0 Å². The second kappa shape index (κ2) is 4.44. The lowest BCUT2D eigenvalue weighted by atomic mass is 10.3. The highest BCUT2D eigenvalue weighted by Crippen LogP contribution is 2.12. The molecule has 0 aromatic heterocycles. The molecule has 0 rings (SSSR count). The summed E-state index contributed by atoms with van der Waals surface area (Å²) in [5, 5.41) is 0. The molecule has 1 unspecified atom stereocenters. The van der Waals surface area contributed by atoms with Crippen LogP contribution < -0.4 is 0 Å². The summed E-state index contributed by atoms with van der Waals surface area (Å²) in [5.41, 5.74) is 0. The summed E-state index contributed by atoms with van der Waals surface area (Å²) in [5.74, 6) is -0.606. The molecule has 0 aromatic rings. The number of hydrogen-bond donors (Lipinski definition) is 0. The van der Waals surface area contributed by atoms with Crippen LogP contribution in [0.3, 0.4) is 0 Å². The Kier molecular flexibility index (Phi) is 4.26. The third kappa shape index (κ3) is 4.09. The van der Waals surface area contributed by atoms with Crippen molar-refractivity contribution < 1.29 is 8.78 Å². The van der Waals surface area contributed by atoms with E-state index in [2.05, 4.69) is 6.58 Å². The molecule has 1 atom stereocenters. The monoisotopic (exact) mass is 163 g/mol. The van der Waals surface area contributed by atoms with Crippen molar-refractivity contribution >= 4 is 0 Å². The number of hydrogen-bond acceptors (Lipinski definition) is 1. The van der Waals surface area contributed by atoms with Crippen molar-refractivity contribution in [2.75, 3.05) is 7.05 Å². The molecular weight excluding hydrogens is 148 g/mol. The molecule has 0 bridgehead atoms. The van der Waals surface area contributed by atoms with Gasteiger partial charge < -0.3 is 0 Å². The van der Waals surface area contributed by atoms with E-state index in [1.807, 2.05) is 13.8 Å². The Hall–Kier alpha value is -0.440. The zero-order valence-corrected chi connectivity index (χ0v) is 7.27. The third-order valence-electron chi connectivity index (χ3n) is 1.65. The van der Waals surface area contributed by atoms with Crippen molar-refractivity contribution in [2.45, 2.75) is 32.6 Å². The van der Waals surface area contributed by atoms with E-state index in [9.17, 15) is 8.78 Å². The maximum Gasteiger partial charge on any atom is 0.159 e. The number of rotatable bonds is 4. The first-order valence-corrected chi connectivity index (χ1v) is 3.64. The fourth-order valence-electron chi connectivity index (χ4n) is 0.650. The average molecular weight is 163 g/mol. The summed E-state index contributed by atoms with van der Waals surface area (Å²) in [7, 11) is 1.62. The van der Waals surface area contributed by atoms with Crippen molar-refractivity contribution in [1.29, 1.82) is 0 Å². The van der Waals surface area contributed by atoms with E-state index < -0.39 is 12.1 Å². The molecule has 0 aliphatic heterocycles. The maximum atomic E-state index is 12.9. The molecule has 0 saturated carbocycles. The molecule has 0 N–H and O–H groups in total. The van der Waals surface area contributed by atoms with Gasteiger partial charge in [-0.15, -0.1) is 0 Å². The molecule has 1 nitrogen and oxygen atoms in total. The third-order valence-corrected chi connectivity index (χ3v) is 1.65. The molecule has 3 heteroatoms. The van der Waals surface area contributed by atoms with Crippen molar-refractivity contribution in [3.05, 3.63) is 12.4 Å². The van der Waals surface area contributed by atoms with E-state index in [4.69, 9.17) is 0 Å². The fraction of sp³-hybridized carbons (Fsp3) is 0.750. The Morgan fingerprint density at radius 2 is 2.00 bits per heavy atom. The van der Waals surface area contributed by atoms with E-state index in [-0.39, 0.29) is 12.5 Å². The molecule has 11 heavy (non-hydrogen) atoms. The minimum atomic E-state index is -1.26. The van der Waals surface area contributed by atoms with Crippen LogP contribution in [0.4, 0.5) is 8.78 Å². The van der Waals surface area contributed by atoms with Crippen LogP contribution in [-0.2, 0) is 0 Å². The van der Waals surface area contributed by atoms with Gasteiger partial charge in [0, 0.05) is 12.5 Å². The second-order valence-electron chi connectivity index (χ2n) is 2.92. The Balaban J connectivity index is 3.82. The quantitative estimate of drug-likeness (QED) is 0.575. The molecule has 0 amide bonds. The van der Waals surface area contributed by atoms with Gasteiger partial charge >= 0.3 is 0 Å². The van der Waals surface area contributed by atoms with Crippen LogP contribution in [0.5, 0.6) is 0 Å². The lowest BCUT2D eigenvalue weighted by molar-refractivity contribution is 0.0771. The van der Waals surface area contributed by atoms with Crippen molar-refractivity contribution in [1.82, 2.24) is 4.90 Å². The number of nitrogens with zero attached hydrogens (tertiary/aromatic N) is 1. The standard InChI is InChI=1S/C8H15F2N/c1-6(2)11(4)8(10)5-7(3)9/h6,8H,3,5H2,1-2,4H3. The highest BCUT2D eigenvalue weighted by atomic mass is 19.1. The Morgan fingerprint density at radius 3 is 2.27 bits per heavy atom. The topological polar surface area (TPSA) is 3.24 Å². The van der Waals surface area contributed by atoms with E-state index in [0.717, 1.165) is 0 Å². The van der Waals surface area contributed by atoms with Gasteiger partial charge in [-0.2, -0.15) is 0 Å². The lowest BCUT2D eigenvalue weighted by Gasteiger charge is -2.24. The van der Waals surface area contributed by atoms with Gasteiger partial charge in [-0.05, 0) is 20.9 Å². The maximum absolute atomic E-state index is 12.9. The molecule has 0 aliphatic carbocycles. The largest absolute Gasteiger partial charge is 0.274 e. The van der Waals surface area contributed by atoms with Crippen LogP contribution in [0.25, 0.3) is 0 Å². The predicted molar refractivity (Wildman–Crippen MR) is 42.7 cm³/mol. The van der Waals surface area contributed by atoms with Crippen molar-refractivity contribution in [3.8, 4) is 0 Å². The van der Waals surface area contributed by atoms with E-state index in [1.165, 1.54) is 4.90 Å². The summed E-state index contributed by atoms with van der Waals surface area (Å²) in [6.07, 6.45) is -1.48. The summed E-state index contributed by atoms with van der Waals surface area (Å²) < 4.78 is 25.0. The van der Waals surface area contributed by atoms with Crippen LogP contribution in [0, 0.1) is 0 Å².